The smallest absolute Gasteiger partial charge is 0.256 e. The van der Waals surface area contributed by atoms with Crippen molar-refractivity contribution in [3.63, 3.8) is 0 Å². The number of amides is 1. The summed E-state index contributed by atoms with van der Waals surface area (Å²) < 4.78 is 14.2. The lowest BCUT2D eigenvalue weighted by Gasteiger charge is -2.30. The fraction of sp³-hybridized carbons (Fsp3) is 0.292. The van der Waals surface area contributed by atoms with Gasteiger partial charge < -0.3 is 15.0 Å². The van der Waals surface area contributed by atoms with Crippen LogP contribution in [0.15, 0.2) is 53.3 Å². The van der Waals surface area contributed by atoms with Crippen molar-refractivity contribution < 1.29 is 14.3 Å². The van der Waals surface area contributed by atoms with E-state index in [0.717, 1.165) is 24.5 Å². The Hall–Kier alpha value is -3.03. The van der Waals surface area contributed by atoms with Gasteiger partial charge in [0.15, 0.2) is 6.10 Å². The van der Waals surface area contributed by atoms with Crippen LogP contribution in [-0.2, 0) is 23.2 Å². The van der Waals surface area contributed by atoms with Gasteiger partial charge in [-0.05, 0) is 30.5 Å². The molecule has 1 fully saturated rings. The number of carbonyl (C=O) groups excluding carboxylic acids is 1. The predicted octanol–water partition coefficient (Wildman–Crippen LogP) is 3.26. The topological polar surface area (TPSA) is 86.3 Å². The van der Waals surface area contributed by atoms with Crippen LogP contribution in [0.3, 0.4) is 0 Å². The minimum atomic E-state index is -1.67. The van der Waals surface area contributed by atoms with E-state index in [0.29, 0.717) is 23.5 Å². The number of aromatic amines is 1. The van der Waals surface area contributed by atoms with E-state index >= 15 is 0 Å². The zero-order valence-electron chi connectivity index (χ0n) is 17.1. The van der Waals surface area contributed by atoms with Crippen LogP contribution in [0, 0.1) is 5.82 Å². The number of rotatable bonds is 4. The molecule has 0 bridgehead atoms. The monoisotopic (exact) mass is 453 g/mol. The van der Waals surface area contributed by atoms with E-state index in [2.05, 4.69) is 4.98 Å². The van der Waals surface area contributed by atoms with Gasteiger partial charge in [0.2, 0.25) is 0 Å². The van der Waals surface area contributed by atoms with Crippen molar-refractivity contribution in [1.82, 2.24) is 14.9 Å². The molecule has 2 aromatic carbocycles. The first-order valence-electron chi connectivity index (χ1n) is 10.5. The highest BCUT2D eigenvalue weighted by Gasteiger charge is 2.48. The molecule has 1 amide bonds. The number of nitrogens with one attached hydrogen (secondary N) is 1. The molecule has 6 nitrogen and oxygen atoms in total. The van der Waals surface area contributed by atoms with E-state index in [1.807, 2.05) is 30.3 Å². The summed E-state index contributed by atoms with van der Waals surface area (Å²) in [5.41, 5.74) is 1.51. The lowest BCUT2D eigenvalue weighted by Crippen LogP contribution is -2.42. The standard InChI is InChI=1S/C24H21ClFN3O3/c25-15-6-7-16(18(26)12-15)20(30)22(32)29-11-8-19-17(13-29)21(31)28-23(27-19)24(9-10-24)14-4-2-1-3-5-14/h1-7,12,20,30H,8-11,13H2,(H,27,28,31). The molecule has 5 rings (SSSR count). The summed E-state index contributed by atoms with van der Waals surface area (Å²) >= 11 is 5.75. The number of aromatic nitrogens is 2. The third-order valence-corrected chi connectivity index (χ3v) is 6.64. The Kier molecular flexibility index (Phi) is 5.10. The Balaban J connectivity index is 1.40. The fourth-order valence-corrected chi connectivity index (χ4v) is 4.57. The normalized spacial score (nSPS) is 17.5. The number of nitrogens with zero attached hydrogens (tertiary/aromatic N) is 2. The molecular formula is C24H21ClFN3O3. The number of hydrogen-bond acceptors (Lipinski definition) is 4. The molecule has 2 heterocycles. The summed E-state index contributed by atoms with van der Waals surface area (Å²) in [5.74, 6) is -0.755. The van der Waals surface area contributed by atoms with Crippen LogP contribution in [0.5, 0.6) is 0 Å². The van der Waals surface area contributed by atoms with Gasteiger partial charge >= 0.3 is 0 Å². The van der Waals surface area contributed by atoms with Gasteiger partial charge in [0, 0.05) is 23.6 Å². The van der Waals surface area contributed by atoms with Gasteiger partial charge in [-0.15, -0.1) is 0 Å². The molecule has 32 heavy (non-hydrogen) atoms. The second-order valence-electron chi connectivity index (χ2n) is 8.37. The third kappa shape index (κ3) is 3.51. The zero-order chi connectivity index (χ0) is 22.5. The van der Waals surface area contributed by atoms with Crippen LogP contribution in [0.1, 0.15) is 47.2 Å². The second-order valence-corrected chi connectivity index (χ2v) is 8.80. The first kappa shape index (κ1) is 20.8. The second kappa shape index (κ2) is 7.83. The maximum atomic E-state index is 14.2. The largest absolute Gasteiger partial charge is 0.378 e. The highest BCUT2D eigenvalue weighted by molar-refractivity contribution is 6.30. The SMILES string of the molecule is O=C(C(O)c1ccc(Cl)cc1F)N1CCc2nc(C3(c4ccccc4)CC3)[nH]c(=O)c2C1. The fourth-order valence-electron chi connectivity index (χ4n) is 4.41. The predicted molar refractivity (Wildman–Crippen MR) is 117 cm³/mol. The average molecular weight is 454 g/mol. The first-order chi connectivity index (χ1) is 15.4. The molecule has 0 radical (unpaired) electrons. The molecular weight excluding hydrogens is 433 g/mol. The van der Waals surface area contributed by atoms with Gasteiger partial charge in [-0.3, -0.25) is 9.59 Å². The lowest BCUT2D eigenvalue weighted by molar-refractivity contribution is -0.141. The summed E-state index contributed by atoms with van der Waals surface area (Å²) in [7, 11) is 0. The summed E-state index contributed by atoms with van der Waals surface area (Å²) in [6.45, 7) is 0.299. The number of halogens is 2. The summed E-state index contributed by atoms with van der Waals surface area (Å²) in [4.78, 5) is 34.8. The van der Waals surface area contributed by atoms with Crippen molar-refractivity contribution in [2.24, 2.45) is 0 Å². The van der Waals surface area contributed by atoms with Crippen LogP contribution in [-0.4, -0.2) is 32.4 Å². The molecule has 2 N–H and O–H groups in total. The van der Waals surface area contributed by atoms with Gasteiger partial charge in [-0.25, -0.2) is 9.37 Å². The Morgan fingerprint density at radius 3 is 2.66 bits per heavy atom. The summed E-state index contributed by atoms with van der Waals surface area (Å²) in [6.07, 6.45) is 0.552. The Bertz CT molecular complexity index is 1260. The molecule has 1 unspecified atom stereocenters. The number of aliphatic hydroxyl groups is 1. The highest BCUT2D eigenvalue weighted by atomic mass is 35.5. The van der Waals surface area contributed by atoms with Crippen LogP contribution in [0.25, 0.3) is 0 Å². The molecule has 0 saturated heterocycles. The van der Waals surface area contributed by atoms with E-state index in [1.165, 1.54) is 17.0 Å². The molecule has 1 aromatic heterocycles. The Morgan fingerprint density at radius 2 is 1.97 bits per heavy atom. The van der Waals surface area contributed by atoms with Crippen molar-refractivity contribution in [3.05, 3.63) is 97.9 Å². The van der Waals surface area contributed by atoms with Crippen LogP contribution >= 0.6 is 11.6 Å². The minimum absolute atomic E-state index is 0.0153. The van der Waals surface area contributed by atoms with E-state index < -0.39 is 17.8 Å². The van der Waals surface area contributed by atoms with Crippen molar-refractivity contribution in [1.29, 1.82) is 0 Å². The molecule has 1 aliphatic heterocycles. The Morgan fingerprint density at radius 1 is 1.22 bits per heavy atom. The number of hydrogen-bond donors (Lipinski definition) is 2. The van der Waals surface area contributed by atoms with E-state index in [9.17, 15) is 19.1 Å². The third-order valence-electron chi connectivity index (χ3n) is 6.40. The number of aliphatic hydroxyl groups excluding tert-OH is 1. The van der Waals surface area contributed by atoms with E-state index in [-0.39, 0.29) is 34.6 Å². The molecule has 1 atom stereocenters. The van der Waals surface area contributed by atoms with Gasteiger partial charge in [-0.1, -0.05) is 48.0 Å². The maximum Gasteiger partial charge on any atom is 0.256 e. The van der Waals surface area contributed by atoms with Gasteiger partial charge in [0.25, 0.3) is 11.5 Å². The zero-order valence-corrected chi connectivity index (χ0v) is 17.9. The quantitative estimate of drug-likeness (QED) is 0.635. The van der Waals surface area contributed by atoms with Crippen LogP contribution in [0.2, 0.25) is 5.02 Å². The first-order valence-corrected chi connectivity index (χ1v) is 10.9. The summed E-state index contributed by atoms with van der Waals surface area (Å²) in [5, 5.41) is 10.6. The maximum absolute atomic E-state index is 14.2. The van der Waals surface area contributed by atoms with Crippen LogP contribution in [0.4, 0.5) is 4.39 Å². The van der Waals surface area contributed by atoms with Gasteiger partial charge in [0.05, 0.1) is 23.2 Å². The Labute approximate surface area is 188 Å². The minimum Gasteiger partial charge on any atom is -0.378 e. The van der Waals surface area contributed by atoms with Crippen molar-refractivity contribution in [2.75, 3.05) is 6.54 Å². The molecule has 1 saturated carbocycles. The molecule has 164 valence electrons. The highest BCUT2D eigenvalue weighted by Crippen LogP contribution is 2.51. The van der Waals surface area contributed by atoms with E-state index in [1.54, 1.807) is 0 Å². The van der Waals surface area contributed by atoms with Crippen molar-refractivity contribution in [2.45, 2.75) is 37.3 Å². The number of benzene rings is 2. The molecule has 3 aromatic rings. The number of fused-ring (bicyclic) bond motifs is 1. The number of H-pyrrole nitrogens is 1. The molecule has 0 spiro atoms. The molecule has 1 aliphatic carbocycles. The molecule has 8 heteroatoms. The van der Waals surface area contributed by atoms with E-state index in [4.69, 9.17) is 16.6 Å². The van der Waals surface area contributed by atoms with Gasteiger partial charge in [-0.2, -0.15) is 0 Å². The van der Waals surface area contributed by atoms with Gasteiger partial charge in [0.1, 0.15) is 11.6 Å². The lowest BCUT2D eigenvalue weighted by atomic mass is 9.94. The van der Waals surface area contributed by atoms with Crippen LogP contribution < -0.4 is 5.56 Å². The summed E-state index contributed by atoms with van der Waals surface area (Å²) in [6, 6.07) is 13.8. The van der Waals surface area contributed by atoms with Crippen molar-refractivity contribution in [3.8, 4) is 0 Å². The van der Waals surface area contributed by atoms with Crippen molar-refractivity contribution >= 4 is 17.5 Å². The average Bonchev–Trinajstić information content (AvgIpc) is 3.61. The molecule has 2 aliphatic rings. The number of carbonyl (C=O) groups is 1.